The number of benzene rings is 1. The van der Waals surface area contributed by atoms with Crippen LogP contribution in [-0.4, -0.2) is 33.5 Å². The molecule has 0 aliphatic heterocycles. The average Bonchev–Trinajstić information content (AvgIpc) is 2.26. The van der Waals surface area contributed by atoms with Gasteiger partial charge >= 0.3 is 0 Å². The van der Waals surface area contributed by atoms with Gasteiger partial charge in [-0.05, 0) is 31.4 Å². The van der Waals surface area contributed by atoms with Crippen LogP contribution < -0.4 is 15.8 Å². The Morgan fingerprint density at radius 3 is 2.50 bits per heavy atom. The molecule has 0 aliphatic carbocycles. The fraction of sp³-hybridized carbons (Fsp3) is 0.455. The topological polar surface area (TPSA) is 89.4 Å². The van der Waals surface area contributed by atoms with E-state index in [1.165, 1.54) is 6.07 Å². The number of nitrogens with two attached hydrogens (primary N) is 2. The van der Waals surface area contributed by atoms with E-state index in [2.05, 4.69) is 11.8 Å². The predicted molar refractivity (Wildman–Crippen MR) is 78.5 cm³/mol. The maximum Gasteiger partial charge on any atom is 0.240 e. The standard InChI is InChI=1S/C11H19N3O2S2/c1-8(7-17-3)14(2)9-4-5-11(10(12)6-9)18(13,15)16/h4-6,8H,7,12H2,1-3H3,(H2,13,15,16). The second-order valence-corrected chi connectivity index (χ2v) is 6.62. The van der Waals surface area contributed by atoms with E-state index in [1.54, 1.807) is 23.9 Å². The van der Waals surface area contributed by atoms with E-state index in [1.807, 2.05) is 13.3 Å². The number of hydrogen-bond donors (Lipinski definition) is 2. The molecular weight excluding hydrogens is 270 g/mol. The van der Waals surface area contributed by atoms with Gasteiger partial charge in [0.05, 0.1) is 5.69 Å². The summed E-state index contributed by atoms with van der Waals surface area (Å²) in [6.45, 7) is 2.10. The smallest absolute Gasteiger partial charge is 0.240 e. The number of primary sulfonamides is 1. The van der Waals surface area contributed by atoms with Gasteiger partial charge in [0, 0.05) is 24.5 Å². The molecule has 5 nitrogen and oxygen atoms in total. The maximum atomic E-state index is 11.3. The molecular formula is C11H19N3O2S2. The number of hydrogen-bond acceptors (Lipinski definition) is 5. The largest absolute Gasteiger partial charge is 0.398 e. The third kappa shape index (κ3) is 3.54. The quantitative estimate of drug-likeness (QED) is 0.792. The number of sulfonamides is 1. The first kappa shape index (κ1) is 15.1. The van der Waals surface area contributed by atoms with Crippen LogP contribution in [0.2, 0.25) is 0 Å². The van der Waals surface area contributed by atoms with Crippen LogP contribution in [0.25, 0.3) is 0 Å². The van der Waals surface area contributed by atoms with Gasteiger partial charge in [-0.15, -0.1) is 0 Å². The van der Waals surface area contributed by atoms with Crippen LogP contribution in [0.1, 0.15) is 6.92 Å². The van der Waals surface area contributed by atoms with Crippen molar-refractivity contribution in [2.24, 2.45) is 5.14 Å². The van der Waals surface area contributed by atoms with Gasteiger partial charge < -0.3 is 10.6 Å². The molecule has 1 aromatic carbocycles. The summed E-state index contributed by atoms with van der Waals surface area (Å²) in [5, 5.41) is 5.07. The van der Waals surface area contributed by atoms with Crippen molar-refractivity contribution in [3.05, 3.63) is 18.2 Å². The van der Waals surface area contributed by atoms with E-state index in [4.69, 9.17) is 10.9 Å². The van der Waals surface area contributed by atoms with Gasteiger partial charge in [-0.25, -0.2) is 13.6 Å². The SMILES string of the molecule is CSCC(C)N(C)c1ccc(S(N)(=O)=O)c(N)c1. The Morgan fingerprint density at radius 2 is 2.06 bits per heavy atom. The molecule has 7 heteroatoms. The molecule has 1 unspecified atom stereocenters. The zero-order valence-corrected chi connectivity index (χ0v) is 12.4. The minimum atomic E-state index is -3.75. The van der Waals surface area contributed by atoms with Crippen LogP contribution in [0.3, 0.4) is 0 Å². The first-order valence-corrected chi connectivity index (χ1v) is 8.35. The normalized spacial score (nSPS) is 13.3. The number of nitrogen functional groups attached to an aromatic ring is 1. The Morgan fingerprint density at radius 1 is 1.44 bits per heavy atom. The highest BCUT2D eigenvalue weighted by molar-refractivity contribution is 7.98. The highest BCUT2D eigenvalue weighted by Gasteiger charge is 2.15. The van der Waals surface area contributed by atoms with E-state index in [0.29, 0.717) is 6.04 Å². The molecule has 0 spiro atoms. The zero-order chi connectivity index (χ0) is 13.9. The summed E-state index contributed by atoms with van der Waals surface area (Å²) in [6, 6.07) is 5.13. The Kier molecular flexibility index (Phi) is 4.89. The van der Waals surface area contributed by atoms with Gasteiger partial charge in [0.1, 0.15) is 4.90 Å². The van der Waals surface area contributed by atoms with Crippen LogP contribution >= 0.6 is 11.8 Å². The van der Waals surface area contributed by atoms with E-state index < -0.39 is 10.0 Å². The molecule has 0 fully saturated rings. The van der Waals surface area contributed by atoms with Gasteiger partial charge in [0.2, 0.25) is 10.0 Å². The lowest BCUT2D eigenvalue weighted by Crippen LogP contribution is -2.30. The van der Waals surface area contributed by atoms with Gasteiger partial charge in [-0.1, -0.05) is 0 Å². The van der Waals surface area contributed by atoms with Gasteiger partial charge in [-0.3, -0.25) is 0 Å². The summed E-state index contributed by atoms with van der Waals surface area (Å²) >= 11 is 1.76. The first-order valence-electron chi connectivity index (χ1n) is 5.41. The van der Waals surface area contributed by atoms with Crippen molar-refractivity contribution >= 4 is 33.2 Å². The molecule has 0 radical (unpaired) electrons. The highest BCUT2D eigenvalue weighted by Crippen LogP contribution is 2.25. The lowest BCUT2D eigenvalue weighted by Gasteiger charge is -2.27. The minimum absolute atomic E-state index is 0.0304. The fourth-order valence-electron chi connectivity index (χ4n) is 1.62. The summed E-state index contributed by atoms with van der Waals surface area (Å²) in [5.41, 5.74) is 6.78. The third-order valence-corrected chi connectivity index (χ3v) is 4.58. The van der Waals surface area contributed by atoms with Crippen LogP contribution in [0.5, 0.6) is 0 Å². The lowest BCUT2D eigenvalue weighted by molar-refractivity contribution is 0.598. The Labute approximate surface area is 113 Å². The molecule has 1 atom stereocenters. The number of anilines is 2. The van der Waals surface area contributed by atoms with Crippen molar-refractivity contribution in [1.82, 2.24) is 0 Å². The molecule has 0 amide bonds. The molecule has 1 aromatic rings. The lowest BCUT2D eigenvalue weighted by atomic mass is 10.2. The summed E-state index contributed by atoms with van der Waals surface area (Å²) < 4.78 is 22.5. The molecule has 0 aliphatic rings. The number of rotatable bonds is 5. The molecule has 4 N–H and O–H groups in total. The molecule has 1 rings (SSSR count). The number of nitrogens with zero attached hydrogens (tertiary/aromatic N) is 1. The second-order valence-electron chi connectivity index (χ2n) is 4.18. The van der Waals surface area contributed by atoms with Crippen molar-refractivity contribution in [3.8, 4) is 0 Å². The Hall–Kier alpha value is -0.920. The Bertz CT molecular complexity index is 517. The molecule has 0 saturated carbocycles. The van der Waals surface area contributed by atoms with E-state index in [-0.39, 0.29) is 10.6 Å². The summed E-state index contributed by atoms with van der Waals surface area (Å²) in [5.74, 6) is 0.980. The molecule has 0 heterocycles. The van der Waals surface area contributed by atoms with Crippen molar-refractivity contribution in [2.75, 3.05) is 29.7 Å². The molecule has 0 aromatic heterocycles. The van der Waals surface area contributed by atoms with Gasteiger partial charge in [-0.2, -0.15) is 11.8 Å². The zero-order valence-electron chi connectivity index (χ0n) is 10.8. The van der Waals surface area contributed by atoms with E-state index >= 15 is 0 Å². The van der Waals surface area contributed by atoms with E-state index in [9.17, 15) is 8.42 Å². The van der Waals surface area contributed by atoms with Crippen molar-refractivity contribution in [2.45, 2.75) is 17.9 Å². The van der Waals surface area contributed by atoms with Crippen LogP contribution in [0.4, 0.5) is 11.4 Å². The minimum Gasteiger partial charge on any atom is -0.398 e. The molecule has 18 heavy (non-hydrogen) atoms. The predicted octanol–water partition coefficient (Wildman–Crippen LogP) is 1.10. The van der Waals surface area contributed by atoms with E-state index in [0.717, 1.165) is 11.4 Å². The molecule has 0 saturated heterocycles. The van der Waals surface area contributed by atoms with Crippen molar-refractivity contribution < 1.29 is 8.42 Å². The fourth-order valence-corrected chi connectivity index (χ4v) is 2.97. The monoisotopic (exact) mass is 289 g/mol. The van der Waals surface area contributed by atoms with Gasteiger partial charge in [0.25, 0.3) is 0 Å². The molecule has 102 valence electrons. The Balaban J connectivity index is 3.05. The second kappa shape index (κ2) is 5.81. The van der Waals surface area contributed by atoms with Crippen molar-refractivity contribution in [1.29, 1.82) is 0 Å². The summed E-state index contributed by atoms with van der Waals surface area (Å²) in [4.78, 5) is 2.02. The van der Waals surface area contributed by atoms with Crippen LogP contribution in [0.15, 0.2) is 23.1 Å². The van der Waals surface area contributed by atoms with Crippen molar-refractivity contribution in [3.63, 3.8) is 0 Å². The first-order chi connectivity index (χ1) is 8.27. The average molecular weight is 289 g/mol. The molecule has 0 bridgehead atoms. The van der Waals surface area contributed by atoms with Crippen LogP contribution in [-0.2, 0) is 10.0 Å². The number of thioether (sulfide) groups is 1. The van der Waals surface area contributed by atoms with Crippen LogP contribution in [0, 0.1) is 0 Å². The summed E-state index contributed by atoms with van der Waals surface area (Å²) in [6.07, 6.45) is 2.04. The third-order valence-electron chi connectivity index (χ3n) is 2.78. The summed E-state index contributed by atoms with van der Waals surface area (Å²) in [7, 11) is -1.80. The maximum absolute atomic E-state index is 11.3. The van der Waals surface area contributed by atoms with Gasteiger partial charge in [0.15, 0.2) is 0 Å². The highest BCUT2D eigenvalue weighted by atomic mass is 32.2.